The van der Waals surface area contributed by atoms with E-state index in [2.05, 4.69) is 4.90 Å². The molecule has 0 N–H and O–H groups in total. The van der Waals surface area contributed by atoms with Crippen LogP contribution in [0.25, 0.3) is 22.1 Å². The summed E-state index contributed by atoms with van der Waals surface area (Å²) in [6.45, 7) is 1.52. The van der Waals surface area contributed by atoms with Crippen LogP contribution in [-0.2, 0) is 0 Å². The molecular weight excluding hydrogens is 320 g/mol. The normalized spacial score (nSPS) is 11.2. The Balaban J connectivity index is 1.92. The fourth-order valence-electron chi connectivity index (χ4n) is 2.74. The fourth-order valence-corrected chi connectivity index (χ4v) is 2.74. The lowest BCUT2D eigenvalue weighted by Crippen LogP contribution is -2.15. The van der Waals surface area contributed by atoms with Crippen LogP contribution in [-0.4, -0.2) is 37.1 Å². The first-order valence-electron chi connectivity index (χ1n) is 8.10. The minimum atomic E-state index is -0.486. The summed E-state index contributed by atoms with van der Waals surface area (Å²) >= 11 is 0. The maximum absolute atomic E-state index is 11.4. The molecule has 1 heterocycles. The number of benzene rings is 2. The van der Waals surface area contributed by atoms with Crippen molar-refractivity contribution in [2.75, 3.05) is 27.2 Å². The number of hydrogen-bond acceptors (Lipinski definition) is 5. The Bertz CT molecular complexity index is 872. The van der Waals surface area contributed by atoms with Crippen LogP contribution in [0.15, 0.2) is 52.9 Å². The van der Waals surface area contributed by atoms with Gasteiger partial charge in [0, 0.05) is 18.0 Å². The summed E-state index contributed by atoms with van der Waals surface area (Å²) < 4.78 is 11.2. The molecule has 0 amide bonds. The van der Waals surface area contributed by atoms with E-state index in [1.807, 2.05) is 56.6 Å². The number of fused-ring (bicyclic) bond motifs is 1. The topological polar surface area (TPSA) is 68.8 Å². The lowest BCUT2D eigenvalue weighted by Gasteiger charge is -2.10. The van der Waals surface area contributed by atoms with E-state index >= 15 is 0 Å². The van der Waals surface area contributed by atoms with Gasteiger partial charge in [-0.05, 0) is 38.2 Å². The monoisotopic (exact) mass is 340 g/mol. The van der Waals surface area contributed by atoms with E-state index in [-0.39, 0.29) is 5.88 Å². The highest BCUT2D eigenvalue weighted by Crippen LogP contribution is 2.40. The number of nitro groups is 1. The van der Waals surface area contributed by atoms with Crippen LogP contribution < -0.4 is 4.74 Å². The van der Waals surface area contributed by atoms with Gasteiger partial charge in [0.1, 0.15) is 21.8 Å². The molecule has 0 aliphatic heterocycles. The Kier molecular flexibility index (Phi) is 5.00. The average molecular weight is 340 g/mol. The molecule has 0 saturated carbocycles. The molecule has 1 aromatic heterocycles. The van der Waals surface area contributed by atoms with Crippen molar-refractivity contribution in [3.8, 4) is 16.9 Å². The molecule has 130 valence electrons. The largest absolute Gasteiger partial charge is 0.493 e. The van der Waals surface area contributed by atoms with Gasteiger partial charge in [-0.2, -0.15) is 0 Å². The zero-order valence-electron chi connectivity index (χ0n) is 14.3. The summed E-state index contributed by atoms with van der Waals surface area (Å²) in [6, 6.07) is 14.6. The van der Waals surface area contributed by atoms with E-state index in [0.717, 1.165) is 18.5 Å². The molecule has 3 aromatic rings. The minimum Gasteiger partial charge on any atom is -0.493 e. The molecule has 6 heteroatoms. The van der Waals surface area contributed by atoms with E-state index in [4.69, 9.17) is 9.15 Å². The van der Waals surface area contributed by atoms with Crippen LogP contribution >= 0.6 is 0 Å². The Morgan fingerprint density at radius 1 is 1.16 bits per heavy atom. The molecule has 0 saturated heterocycles. The smallest absolute Gasteiger partial charge is 0.442 e. The molecule has 0 aliphatic rings. The molecule has 0 spiro atoms. The standard InChI is InChI=1S/C19H20N2O4/c1-20(2)11-6-12-24-15-9-10-16-17(13-15)25-19(21(22)23)18(16)14-7-4-3-5-8-14/h3-5,7-10,13H,6,11-12H2,1-2H3. The third kappa shape index (κ3) is 3.80. The van der Waals surface area contributed by atoms with Crippen LogP contribution in [0.1, 0.15) is 6.42 Å². The summed E-state index contributed by atoms with van der Waals surface area (Å²) in [5.41, 5.74) is 1.71. The molecule has 6 nitrogen and oxygen atoms in total. The van der Waals surface area contributed by atoms with Crippen molar-refractivity contribution < 1.29 is 14.1 Å². The molecule has 3 rings (SSSR count). The number of rotatable bonds is 7. The van der Waals surface area contributed by atoms with Gasteiger partial charge in [-0.3, -0.25) is 10.1 Å². The van der Waals surface area contributed by atoms with Gasteiger partial charge in [-0.1, -0.05) is 30.3 Å². The second kappa shape index (κ2) is 7.36. The van der Waals surface area contributed by atoms with Crippen LogP contribution in [0, 0.1) is 10.1 Å². The molecule has 0 radical (unpaired) electrons. The molecule has 25 heavy (non-hydrogen) atoms. The Morgan fingerprint density at radius 3 is 2.60 bits per heavy atom. The molecule has 0 unspecified atom stereocenters. The fraction of sp³-hybridized carbons (Fsp3) is 0.263. The summed E-state index contributed by atoms with van der Waals surface area (Å²) in [5.74, 6) is 0.403. The maximum Gasteiger partial charge on any atom is 0.442 e. The van der Waals surface area contributed by atoms with Crippen LogP contribution in [0.5, 0.6) is 5.75 Å². The molecule has 0 aliphatic carbocycles. The summed E-state index contributed by atoms with van der Waals surface area (Å²) in [6.07, 6.45) is 0.901. The van der Waals surface area contributed by atoms with E-state index in [1.165, 1.54) is 0 Å². The van der Waals surface area contributed by atoms with E-state index in [9.17, 15) is 10.1 Å². The van der Waals surface area contributed by atoms with Gasteiger partial charge in [0.25, 0.3) is 0 Å². The van der Waals surface area contributed by atoms with Crippen molar-refractivity contribution in [2.24, 2.45) is 0 Å². The quantitative estimate of drug-likeness (QED) is 0.363. The zero-order valence-corrected chi connectivity index (χ0v) is 14.3. The van der Waals surface area contributed by atoms with Gasteiger partial charge in [-0.25, -0.2) is 0 Å². The van der Waals surface area contributed by atoms with E-state index in [1.54, 1.807) is 6.07 Å². The van der Waals surface area contributed by atoms with Gasteiger partial charge < -0.3 is 14.1 Å². The predicted molar refractivity (Wildman–Crippen MR) is 97.0 cm³/mol. The SMILES string of the molecule is CN(C)CCCOc1ccc2c(-c3ccccc3)c([N+](=O)[O-])oc2c1. The van der Waals surface area contributed by atoms with Gasteiger partial charge in [0.15, 0.2) is 0 Å². The number of nitrogens with zero attached hydrogens (tertiary/aromatic N) is 2. The van der Waals surface area contributed by atoms with Crippen LogP contribution in [0.2, 0.25) is 0 Å². The highest BCUT2D eigenvalue weighted by molar-refractivity contribution is 5.99. The zero-order chi connectivity index (χ0) is 17.8. The van der Waals surface area contributed by atoms with Gasteiger partial charge in [0.2, 0.25) is 0 Å². The van der Waals surface area contributed by atoms with Crippen molar-refractivity contribution in [1.82, 2.24) is 4.90 Å². The first kappa shape index (κ1) is 17.0. The number of furan rings is 1. The van der Waals surface area contributed by atoms with Gasteiger partial charge >= 0.3 is 5.88 Å². The third-order valence-electron chi connectivity index (χ3n) is 3.89. The Hall–Kier alpha value is -2.86. The van der Waals surface area contributed by atoms with Crippen LogP contribution in [0.4, 0.5) is 5.88 Å². The Labute approximate surface area is 145 Å². The van der Waals surface area contributed by atoms with Crippen molar-refractivity contribution in [2.45, 2.75) is 6.42 Å². The summed E-state index contributed by atoms with van der Waals surface area (Å²) in [5, 5.41) is 12.1. The third-order valence-corrected chi connectivity index (χ3v) is 3.89. The molecular formula is C19H20N2O4. The van der Waals surface area contributed by atoms with Crippen LogP contribution in [0.3, 0.4) is 0 Å². The average Bonchev–Trinajstić information content (AvgIpc) is 2.98. The lowest BCUT2D eigenvalue weighted by molar-refractivity contribution is -0.400. The summed E-state index contributed by atoms with van der Waals surface area (Å²) in [4.78, 5) is 13.0. The lowest BCUT2D eigenvalue weighted by atomic mass is 10.0. The number of ether oxygens (including phenoxy) is 1. The second-order valence-electron chi connectivity index (χ2n) is 6.07. The predicted octanol–water partition coefficient (Wildman–Crippen LogP) is 4.34. The molecule has 0 atom stereocenters. The van der Waals surface area contributed by atoms with Crippen molar-refractivity contribution >= 4 is 16.9 Å². The Morgan fingerprint density at radius 2 is 1.92 bits per heavy atom. The van der Waals surface area contributed by atoms with E-state index in [0.29, 0.717) is 28.9 Å². The summed E-state index contributed by atoms with van der Waals surface area (Å²) in [7, 11) is 4.03. The first-order valence-corrected chi connectivity index (χ1v) is 8.10. The number of hydrogen-bond donors (Lipinski definition) is 0. The van der Waals surface area contributed by atoms with Gasteiger partial charge in [-0.15, -0.1) is 0 Å². The maximum atomic E-state index is 11.4. The van der Waals surface area contributed by atoms with Crippen molar-refractivity contribution in [1.29, 1.82) is 0 Å². The molecule has 0 bridgehead atoms. The first-order chi connectivity index (χ1) is 12.1. The molecule has 0 fully saturated rings. The second-order valence-corrected chi connectivity index (χ2v) is 6.07. The van der Waals surface area contributed by atoms with Crippen molar-refractivity contribution in [3.63, 3.8) is 0 Å². The highest BCUT2D eigenvalue weighted by Gasteiger charge is 2.25. The minimum absolute atomic E-state index is 0.244. The van der Waals surface area contributed by atoms with Gasteiger partial charge in [0.05, 0.1) is 6.61 Å². The van der Waals surface area contributed by atoms with E-state index < -0.39 is 4.92 Å². The highest BCUT2D eigenvalue weighted by atomic mass is 16.6. The molecule has 2 aromatic carbocycles. The van der Waals surface area contributed by atoms with Crippen molar-refractivity contribution in [3.05, 3.63) is 58.6 Å².